The summed E-state index contributed by atoms with van der Waals surface area (Å²) in [5.41, 5.74) is 0.651. The third-order valence-corrected chi connectivity index (χ3v) is 4.54. The van der Waals surface area contributed by atoms with E-state index < -0.39 is 11.6 Å². The second-order valence-corrected chi connectivity index (χ2v) is 6.61. The molecule has 0 unspecified atom stereocenters. The van der Waals surface area contributed by atoms with Crippen LogP contribution in [0.1, 0.15) is 23.2 Å². The SMILES string of the molecule is O=C(c1ccc(Br)cc1)N1CCC(Oc2ccc(F)c(F)c2)CC1. The number of carbonyl (C=O) groups is 1. The molecule has 1 heterocycles. The van der Waals surface area contributed by atoms with Crippen LogP contribution in [-0.2, 0) is 0 Å². The van der Waals surface area contributed by atoms with Crippen LogP contribution in [-0.4, -0.2) is 30.0 Å². The van der Waals surface area contributed by atoms with Gasteiger partial charge in [0.1, 0.15) is 11.9 Å². The predicted molar refractivity (Wildman–Crippen MR) is 90.1 cm³/mol. The number of halogens is 3. The van der Waals surface area contributed by atoms with E-state index in [0.717, 1.165) is 16.6 Å². The van der Waals surface area contributed by atoms with E-state index >= 15 is 0 Å². The summed E-state index contributed by atoms with van der Waals surface area (Å²) in [6, 6.07) is 10.8. The number of likely N-dealkylation sites (tertiary alicyclic amines) is 1. The van der Waals surface area contributed by atoms with Gasteiger partial charge in [-0.15, -0.1) is 0 Å². The normalized spacial score (nSPS) is 15.4. The zero-order valence-electron chi connectivity index (χ0n) is 12.8. The van der Waals surface area contributed by atoms with Gasteiger partial charge in [-0.25, -0.2) is 8.78 Å². The molecule has 3 nitrogen and oxygen atoms in total. The van der Waals surface area contributed by atoms with Crippen LogP contribution in [0.3, 0.4) is 0 Å². The molecule has 0 N–H and O–H groups in total. The molecule has 1 aliphatic heterocycles. The molecule has 0 atom stereocenters. The highest BCUT2D eigenvalue weighted by atomic mass is 79.9. The second kappa shape index (κ2) is 7.30. The summed E-state index contributed by atoms with van der Waals surface area (Å²) in [4.78, 5) is 14.2. The molecule has 2 aromatic rings. The maximum atomic E-state index is 13.2. The first-order valence-electron chi connectivity index (χ1n) is 7.69. The zero-order chi connectivity index (χ0) is 17.1. The molecule has 1 fully saturated rings. The lowest BCUT2D eigenvalue weighted by molar-refractivity contribution is 0.0595. The molecule has 0 aromatic heterocycles. The van der Waals surface area contributed by atoms with Crippen molar-refractivity contribution in [2.24, 2.45) is 0 Å². The number of hydrogen-bond donors (Lipinski definition) is 0. The van der Waals surface area contributed by atoms with E-state index in [1.807, 2.05) is 12.1 Å². The van der Waals surface area contributed by atoms with Gasteiger partial charge in [-0.2, -0.15) is 0 Å². The van der Waals surface area contributed by atoms with E-state index in [1.54, 1.807) is 17.0 Å². The highest BCUT2D eigenvalue weighted by Gasteiger charge is 2.24. The summed E-state index contributed by atoms with van der Waals surface area (Å²) in [6.45, 7) is 1.15. The van der Waals surface area contributed by atoms with Crippen molar-refractivity contribution in [3.8, 4) is 5.75 Å². The lowest BCUT2D eigenvalue weighted by atomic mass is 10.1. The number of carbonyl (C=O) groups excluding carboxylic acids is 1. The van der Waals surface area contributed by atoms with E-state index in [0.29, 0.717) is 37.2 Å². The first-order valence-corrected chi connectivity index (χ1v) is 8.49. The van der Waals surface area contributed by atoms with Crippen LogP contribution in [0.5, 0.6) is 5.75 Å². The van der Waals surface area contributed by atoms with Gasteiger partial charge in [-0.3, -0.25) is 4.79 Å². The van der Waals surface area contributed by atoms with Crippen molar-refractivity contribution in [2.75, 3.05) is 13.1 Å². The minimum Gasteiger partial charge on any atom is -0.490 e. The Morgan fingerprint density at radius 2 is 1.71 bits per heavy atom. The fourth-order valence-corrected chi connectivity index (χ4v) is 2.96. The average Bonchev–Trinajstić information content (AvgIpc) is 2.59. The Bertz CT molecular complexity index is 728. The highest BCUT2D eigenvalue weighted by molar-refractivity contribution is 9.10. The number of benzene rings is 2. The Kier molecular flexibility index (Phi) is 5.14. The monoisotopic (exact) mass is 395 g/mol. The van der Waals surface area contributed by atoms with Crippen LogP contribution < -0.4 is 4.74 Å². The van der Waals surface area contributed by atoms with E-state index in [4.69, 9.17) is 4.74 Å². The smallest absolute Gasteiger partial charge is 0.253 e. The maximum Gasteiger partial charge on any atom is 0.253 e. The summed E-state index contributed by atoms with van der Waals surface area (Å²) < 4.78 is 32.8. The summed E-state index contributed by atoms with van der Waals surface area (Å²) in [6.07, 6.45) is 1.20. The Balaban J connectivity index is 1.56. The van der Waals surface area contributed by atoms with Gasteiger partial charge >= 0.3 is 0 Å². The molecule has 2 aromatic carbocycles. The number of nitrogens with zero attached hydrogens (tertiary/aromatic N) is 1. The standard InChI is InChI=1S/C18H16BrF2NO2/c19-13-3-1-12(2-4-13)18(23)22-9-7-14(8-10-22)24-15-5-6-16(20)17(21)11-15/h1-6,11,14H,7-10H2. The Hall–Kier alpha value is -1.95. The fourth-order valence-electron chi connectivity index (χ4n) is 2.69. The molecule has 1 amide bonds. The molecule has 126 valence electrons. The van der Waals surface area contributed by atoms with Crippen LogP contribution in [0.15, 0.2) is 46.9 Å². The van der Waals surface area contributed by atoms with Gasteiger partial charge in [0.2, 0.25) is 0 Å². The first kappa shape index (κ1) is 16.9. The van der Waals surface area contributed by atoms with Crippen molar-refractivity contribution in [1.29, 1.82) is 0 Å². The van der Waals surface area contributed by atoms with Crippen LogP contribution in [0.2, 0.25) is 0 Å². The molecule has 0 bridgehead atoms. The van der Waals surface area contributed by atoms with Crippen molar-refractivity contribution in [3.05, 3.63) is 64.1 Å². The molecule has 0 saturated carbocycles. The lowest BCUT2D eigenvalue weighted by Gasteiger charge is -2.32. The summed E-state index contributed by atoms with van der Waals surface area (Å²) in [5.74, 6) is -1.51. The zero-order valence-corrected chi connectivity index (χ0v) is 14.4. The van der Waals surface area contributed by atoms with Gasteiger partial charge in [-0.05, 0) is 36.4 Å². The van der Waals surface area contributed by atoms with Crippen molar-refractivity contribution in [3.63, 3.8) is 0 Å². The van der Waals surface area contributed by atoms with Crippen LogP contribution in [0, 0.1) is 11.6 Å². The average molecular weight is 396 g/mol. The van der Waals surface area contributed by atoms with Gasteiger partial charge in [-0.1, -0.05) is 15.9 Å². The Morgan fingerprint density at radius 1 is 1.04 bits per heavy atom. The summed E-state index contributed by atoms with van der Waals surface area (Å²) in [7, 11) is 0. The van der Waals surface area contributed by atoms with Gasteiger partial charge in [0.25, 0.3) is 5.91 Å². The molecule has 0 radical (unpaired) electrons. The maximum absolute atomic E-state index is 13.2. The Morgan fingerprint density at radius 3 is 2.33 bits per heavy atom. The van der Waals surface area contributed by atoms with Crippen LogP contribution in [0.25, 0.3) is 0 Å². The van der Waals surface area contributed by atoms with Crippen molar-refractivity contribution in [1.82, 2.24) is 4.90 Å². The fraction of sp³-hybridized carbons (Fsp3) is 0.278. The van der Waals surface area contributed by atoms with Gasteiger partial charge in [0.05, 0.1) is 0 Å². The van der Waals surface area contributed by atoms with Gasteiger partial charge in [0, 0.05) is 42.0 Å². The van der Waals surface area contributed by atoms with Crippen molar-refractivity contribution >= 4 is 21.8 Å². The van der Waals surface area contributed by atoms with Crippen LogP contribution >= 0.6 is 15.9 Å². The Labute approximate surface area is 147 Å². The van der Waals surface area contributed by atoms with Crippen molar-refractivity contribution in [2.45, 2.75) is 18.9 Å². The molecular weight excluding hydrogens is 380 g/mol. The molecule has 3 rings (SSSR count). The molecule has 0 spiro atoms. The van der Waals surface area contributed by atoms with E-state index in [-0.39, 0.29) is 12.0 Å². The summed E-state index contributed by atoms with van der Waals surface area (Å²) in [5, 5.41) is 0. The molecule has 1 aliphatic rings. The largest absolute Gasteiger partial charge is 0.490 e. The topological polar surface area (TPSA) is 29.5 Å². The lowest BCUT2D eigenvalue weighted by Crippen LogP contribution is -2.41. The van der Waals surface area contributed by atoms with E-state index in [1.165, 1.54) is 6.07 Å². The highest BCUT2D eigenvalue weighted by Crippen LogP contribution is 2.22. The quantitative estimate of drug-likeness (QED) is 0.769. The number of amides is 1. The third kappa shape index (κ3) is 3.93. The minimum atomic E-state index is -0.921. The van der Waals surface area contributed by atoms with Crippen LogP contribution in [0.4, 0.5) is 8.78 Å². The van der Waals surface area contributed by atoms with Gasteiger partial charge in [0.15, 0.2) is 11.6 Å². The third-order valence-electron chi connectivity index (χ3n) is 4.01. The number of piperidine rings is 1. The predicted octanol–water partition coefficient (Wildman–Crippen LogP) is 4.41. The molecular formula is C18H16BrF2NO2. The van der Waals surface area contributed by atoms with Crippen molar-refractivity contribution < 1.29 is 18.3 Å². The minimum absolute atomic E-state index is 0.00576. The number of ether oxygens (including phenoxy) is 1. The van der Waals surface area contributed by atoms with E-state index in [2.05, 4.69) is 15.9 Å². The molecule has 6 heteroatoms. The summed E-state index contributed by atoms with van der Waals surface area (Å²) >= 11 is 3.35. The molecule has 24 heavy (non-hydrogen) atoms. The van der Waals surface area contributed by atoms with E-state index in [9.17, 15) is 13.6 Å². The number of hydrogen-bond acceptors (Lipinski definition) is 2. The second-order valence-electron chi connectivity index (χ2n) is 5.69. The first-order chi connectivity index (χ1) is 11.5. The molecule has 1 saturated heterocycles. The van der Waals surface area contributed by atoms with Gasteiger partial charge < -0.3 is 9.64 Å². The molecule has 0 aliphatic carbocycles. The number of rotatable bonds is 3.